The maximum absolute atomic E-state index is 13.4. The lowest BCUT2D eigenvalue weighted by Crippen LogP contribution is -2.34. The van der Waals surface area contributed by atoms with Crippen molar-refractivity contribution in [3.63, 3.8) is 0 Å². The Bertz CT molecular complexity index is 1180. The van der Waals surface area contributed by atoms with Gasteiger partial charge in [0.15, 0.2) is 11.5 Å². The summed E-state index contributed by atoms with van der Waals surface area (Å²) in [5, 5.41) is 12.0. The molecule has 3 heterocycles. The van der Waals surface area contributed by atoms with Gasteiger partial charge in [0.25, 0.3) is 11.6 Å². The number of anilines is 2. The molecule has 2 aromatic carbocycles. The van der Waals surface area contributed by atoms with E-state index in [0.717, 1.165) is 5.39 Å². The van der Waals surface area contributed by atoms with E-state index in [4.69, 9.17) is 9.47 Å². The van der Waals surface area contributed by atoms with Gasteiger partial charge in [-0.3, -0.25) is 19.9 Å². The van der Waals surface area contributed by atoms with E-state index in [-0.39, 0.29) is 18.4 Å². The fourth-order valence-electron chi connectivity index (χ4n) is 3.75. The summed E-state index contributed by atoms with van der Waals surface area (Å²) in [7, 11) is 1.87. The highest BCUT2D eigenvalue weighted by atomic mass is 16.7. The van der Waals surface area contributed by atoms with E-state index >= 15 is 0 Å². The zero-order chi connectivity index (χ0) is 20.1. The molecule has 29 heavy (non-hydrogen) atoms. The number of carbonyl (C=O) groups is 1. The van der Waals surface area contributed by atoms with Crippen LogP contribution in [0.3, 0.4) is 0 Å². The van der Waals surface area contributed by atoms with Crippen LogP contribution in [-0.4, -0.2) is 42.7 Å². The zero-order valence-electron chi connectivity index (χ0n) is 15.5. The van der Waals surface area contributed by atoms with Crippen molar-refractivity contribution < 1.29 is 19.2 Å². The Labute approximate surface area is 165 Å². The van der Waals surface area contributed by atoms with Gasteiger partial charge < -0.3 is 19.3 Å². The third kappa shape index (κ3) is 2.70. The van der Waals surface area contributed by atoms with E-state index in [2.05, 4.69) is 4.98 Å². The largest absolute Gasteiger partial charge is 0.454 e. The van der Waals surface area contributed by atoms with Gasteiger partial charge in [-0.05, 0) is 18.2 Å². The average molecular weight is 392 g/mol. The summed E-state index contributed by atoms with van der Waals surface area (Å²) in [6.07, 6.45) is 1.64. The average Bonchev–Trinajstić information content (AvgIpc) is 3.14. The molecule has 9 heteroatoms. The number of fused-ring (bicyclic) bond motifs is 3. The van der Waals surface area contributed by atoms with Crippen molar-refractivity contribution in [1.82, 2.24) is 4.98 Å². The van der Waals surface area contributed by atoms with Crippen molar-refractivity contribution in [2.75, 3.05) is 36.7 Å². The van der Waals surface area contributed by atoms with Crippen molar-refractivity contribution in [1.29, 1.82) is 0 Å². The van der Waals surface area contributed by atoms with E-state index in [1.54, 1.807) is 29.3 Å². The molecular formula is C20H16N4O5. The molecule has 0 saturated carbocycles. The number of ether oxygens (including phenoxy) is 2. The van der Waals surface area contributed by atoms with Gasteiger partial charge in [0.2, 0.25) is 6.79 Å². The Morgan fingerprint density at radius 1 is 1.07 bits per heavy atom. The van der Waals surface area contributed by atoms with Crippen molar-refractivity contribution in [2.24, 2.45) is 0 Å². The van der Waals surface area contributed by atoms with Crippen LogP contribution in [0.2, 0.25) is 0 Å². The van der Waals surface area contributed by atoms with Gasteiger partial charge in [-0.1, -0.05) is 0 Å². The molecule has 0 spiro atoms. The molecule has 146 valence electrons. The molecule has 0 fully saturated rings. The van der Waals surface area contributed by atoms with Gasteiger partial charge in [-0.25, -0.2) is 0 Å². The third-order valence-electron chi connectivity index (χ3n) is 5.24. The molecule has 0 aliphatic carbocycles. The highest BCUT2D eigenvalue weighted by Crippen LogP contribution is 2.39. The Hall–Kier alpha value is -3.88. The maximum Gasteiger partial charge on any atom is 0.270 e. The van der Waals surface area contributed by atoms with Crippen LogP contribution in [0.5, 0.6) is 11.5 Å². The second-order valence-electron chi connectivity index (χ2n) is 6.89. The lowest BCUT2D eigenvalue weighted by molar-refractivity contribution is -0.384. The summed E-state index contributed by atoms with van der Waals surface area (Å²) < 4.78 is 10.9. The number of hydrogen-bond acceptors (Lipinski definition) is 7. The summed E-state index contributed by atoms with van der Waals surface area (Å²) >= 11 is 0. The topological polar surface area (TPSA) is 98.0 Å². The maximum atomic E-state index is 13.4. The number of aromatic nitrogens is 1. The number of benzene rings is 2. The van der Waals surface area contributed by atoms with Crippen LogP contribution < -0.4 is 19.3 Å². The van der Waals surface area contributed by atoms with Gasteiger partial charge in [-0.2, -0.15) is 0 Å². The van der Waals surface area contributed by atoms with Gasteiger partial charge in [0.05, 0.1) is 21.7 Å². The zero-order valence-corrected chi connectivity index (χ0v) is 15.5. The molecule has 0 N–H and O–H groups in total. The Kier molecular flexibility index (Phi) is 3.76. The van der Waals surface area contributed by atoms with Crippen LogP contribution in [0.15, 0.2) is 42.6 Å². The molecular weight excluding hydrogens is 376 g/mol. The number of non-ortho nitro benzene ring substituents is 1. The minimum Gasteiger partial charge on any atom is -0.454 e. The highest BCUT2D eigenvalue weighted by Gasteiger charge is 2.29. The van der Waals surface area contributed by atoms with E-state index in [1.807, 2.05) is 18.0 Å². The number of likely N-dealkylation sites (N-methyl/N-ethyl adjacent to an activating group) is 1. The number of nitro benzene ring substituents is 1. The van der Waals surface area contributed by atoms with Crippen LogP contribution in [0.4, 0.5) is 17.1 Å². The Balaban J connectivity index is 1.66. The quantitative estimate of drug-likeness (QED) is 0.488. The molecule has 3 aromatic rings. The number of nitrogens with zero attached hydrogens (tertiary/aromatic N) is 4. The number of hydrogen-bond donors (Lipinski definition) is 0. The lowest BCUT2D eigenvalue weighted by Gasteiger charge is -2.22. The molecule has 0 radical (unpaired) electrons. The predicted molar refractivity (Wildman–Crippen MR) is 106 cm³/mol. The summed E-state index contributed by atoms with van der Waals surface area (Å²) in [4.78, 5) is 32.1. The molecule has 1 amide bonds. The van der Waals surface area contributed by atoms with Crippen LogP contribution in [0.25, 0.3) is 10.9 Å². The Morgan fingerprint density at radius 3 is 2.66 bits per heavy atom. The predicted octanol–water partition coefficient (Wildman–Crippen LogP) is 2.97. The number of rotatable bonds is 2. The normalized spacial score (nSPS) is 15.4. The molecule has 0 saturated heterocycles. The summed E-state index contributed by atoms with van der Waals surface area (Å²) in [6.45, 7) is 1.14. The number of nitro groups is 1. The van der Waals surface area contributed by atoms with Gasteiger partial charge in [-0.15, -0.1) is 0 Å². The molecule has 9 nitrogen and oxygen atoms in total. The highest BCUT2D eigenvalue weighted by molar-refractivity contribution is 6.14. The van der Waals surface area contributed by atoms with Crippen LogP contribution in [-0.2, 0) is 0 Å². The standard InChI is InChI=1S/C20H16N4O5/c1-22-6-7-23(20(25)14-8-12(24(26)27)2-3-16(14)22)17-4-5-21-15-10-19-18(9-13(15)17)28-11-29-19/h2-5,8-10H,6-7,11H2,1H3. The van der Waals surface area contributed by atoms with E-state index in [1.165, 1.54) is 12.1 Å². The SMILES string of the molecule is CN1CCN(c2ccnc3cc4c(cc23)OCO4)C(=O)c2cc([N+](=O)[O-])ccc21. The van der Waals surface area contributed by atoms with Gasteiger partial charge >= 0.3 is 0 Å². The second-order valence-corrected chi connectivity index (χ2v) is 6.89. The molecule has 2 aliphatic rings. The van der Waals surface area contributed by atoms with Crippen LogP contribution in [0, 0.1) is 10.1 Å². The summed E-state index contributed by atoms with van der Waals surface area (Å²) in [5.74, 6) is 0.922. The number of amides is 1. The van der Waals surface area contributed by atoms with Crippen molar-refractivity contribution in [2.45, 2.75) is 0 Å². The monoisotopic (exact) mass is 392 g/mol. The smallest absolute Gasteiger partial charge is 0.270 e. The Morgan fingerprint density at radius 2 is 1.86 bits per heavy atom. The molecule has 2 aliphatic heterocycles. The first-order chi connectivity index (χ1) is 14.0. The van der Waals surface area contributed by atoms with Crippen molar-refractivity contribution >= 4 is 33.9 Å². The first-order valence-electron chi connectivity index (χ1n) is 9.03. The van der Waals surface area contributed by atoms with Gasteiger partial charge in [0.1, 0.15) is 0 Å². The lowest BCUT2D eigenvalue weighted by atomic mass is 10.1. The van der Waals surface area contributed by atoms with E-state index < -0.39 is 4.92 Å². The molecule has 0 unspecified atom stereocenters. The van der Waals surface area contributed by atoms with Crippen LogP contribution in [0.1, 0.15) is 10.4 Å². The fraction of sp³-hybridized carbons (Fsp3) is 0.200. The first-order valence-corrected chi connectivity index (χ1v) is 9.03. The molecule has 5 rings (SSSR count). The third-order valence-corrected chi connectivity index (χ3v) is 5.24. The second kappa shape index (κ2) is 6.33. The molecule has 0 atom stereocenters. The van der Waals surface area contributed by atoms with E-state index in [0.29, 0.717) is 47.0 Å². The summed E-state index contributed by atoms with van der Waals surface area (Å²) in [5.41, 5.74) is 2.20. The molecule has 0 bridgehead atoms. The van der Waals surface area contributed by atoms with E-state index in [9.17, 15) is 14.9 Å². The minimum atomic E-state index is -0.495. The first kappa shape index (κ1) is 17.2. The fourth-order valence-corrected chi connectivity index (χ4v) is 3.75. The number of pyridine rings is 1. The number of carbonyl (C=O) groups excluding carboxylic acids is 1. The molecule has 1 aromatic heterocycles. The minimum absolute atomic E-state index is 0.115. The van der Waals surface area contributed by atoms with Crippen LogP contribution >= 0.6 is 0 Å². The summed E-state index contributed by atoms with van der Waals surface area (Å²) in [6, 6.07) is 9.75. The van der Waals surface area contributed by atoms with Gasteiger partial charge in [0, 0.05) is 55.6 Å². The van der Waals surface area contributed by atoms with Crippen molar-refractivity contribution in [3.8, 4) is 11.5 Å². The van der Waals surface area contributed by atoms with Crippen molar-refractivity contribution in [3.05, 3.63) is 58.3 Å².